The van der Waals surface area contributed by atoms with Gasteiger partial charge in [-0.1, -0.05) is 23.7 Å². The van der Waals surface area contributed by atoms with Gasteiger partial charge in [0, 0.05) is 8.04 Å². The topological polar surface area (TPSA) is 46.2 Å². The highest BCUT2D eigenvalue weighted by Gasteiger charge is 2.16. The Balaban J connectivity index is 2.38. The molecule has 1 N–H and O–H groups in total. The highest BCUT2D eigenvalue weighted by atomic mass is 127. The van der Waals surface area contributed by atoms with Crippen molar-refractivity contribution in [3.8, 4) is 0 Å². The number of nitrogens with one attached hydrogen (secondary N) is 1. The maximum Gasteiger partial charge on any atom is 0.261 e. The van der Waals surface area contributed by atoms with Gasteiger partial charge in [0.15, 0.2) is 0 Å². The Kier molecular flexibility index (Phi) is 4.75. The lowest BCUT2D eigenvalue weighted by Crippen LogP contribution is -2.13. The Morgan fingerprint density at radius 3 is 2.47 bits per heavy atom. The molecule has 2 aromatic carbocycles. The third kappa shape index (κ3) is 3.62. The molecule has 2 rings (SSSR count). The maximum atomic E-state index is 12.2. The van der Waals surface area contributed by atoms with Crippen molar-refractivity contribution in [1.82, 2.24) is 0 Å². The maximum absolute atomic E-state index is 12.2. The average Bonchev–Trinajstić information content (AvgIpc) is 2.35. The van der Waals surface area contributed by atoms with Gasteiger partial charge in [0.2, 0.25) is 0 Å². The second kappa shape index (κ2) is 5.99. The molecular weight excluding hydrogens is 464 g/mol. The smallest absolute Gasteiger partial charge is 0.261 e. The Labute approximate surface area is 138 Å². The van der Waals surface area contributed by atoms with E-state index in [1.807, 2.05) is 12.1 Å². The summed E-state index contributed by atoms with van der Waals surface area (Å²) in [7, 11) is -3.62. The van der Waals surface area contributed by atoms with E-state index in [2.05, 4.69) is 43.2 Å². The van der Waals surface area contributed by atoms with Crippen LogP contribution in [0.5, 0.6) is 0 Å². The van der Waals surface area contributed by atoms with Crippen molar-refractivity contribution in [1.29, 1.82) is 0 Å². The van der Waals surface area contributed by atoms with Crippen LogP contribution in [0.1, 0.15) is 0 Å². The molecule has 0 aliphatic carbocycles. The first-order chi connectivity index (χ1) is 8.90. The van der Waals surface area contributed by atoms with Gasteiger partial charge in [-0.2, -0.15) is 0 Å². The summed E-state index contributed by atoms with van der Waals surface area (Å²) < 4.78 is 28.4. The van der Waals surface area contributed by atoms with Crippen LogP contribution in [0.15, 0.2) is 51.8 Å². The van der Waals surface area contributed by atoms with Crippen molar-refractivity contribution >= 4 is 65.8 Å². The van der Waals surface area contributed by atoms with Gasteiger partial charge in [-0.3, -0.25) is 4.72 Å². The molecule has 2 aromatic rings. The molecule has 7 heteroatoms. The number of para-hydroxylation sites is 1. The molecular formula is C12H8BrClINO2S. The van der Waals surface area contributed by atoms with Gasteiger partial charge in [0.25, 0.3) is 10.0 Å². The zero-order valence-electron chi connectivity index (χ0n) is 9.40. The fourth-order valence-electron chi connectivity index (χ4n) is 1.39. The van der Waals surface area contributed by atoms with Gasteiger partial charge < -0.3 is 0 Å². The van der Waals surface area contributed by atoms with E-state index in [9.17, 15) is 8.42 Å². The number of anilines is 1. The first-order valence-electron chi connectivity index (χ1n) is 5.12. The second-order valence-electron chi connectivity index (χ2n) is 3.66. The molecule has 0 bridgehead atoms. The molecule has 0 aliphatic rings. The summed E-state index contributed by atoms with van der Waals surface area (Å²) in [5.41, 5.74) is 0.550. The lowest BCUT2D eigenvalue weighted by Gasteiger charge is -2.10. The van der Waals surface area contributed by atoms with Gasteiger partial charge in [0.05, 0.1) is 15.6 Å². The van der Waals surface area contributed by atoms with E-state index in [0.717, 1.165) is 3.57 Å². The number of hydrogen-bond donors (Lipinski definition) is 1. The molecule has 19 heavy (non-hydrogen) atoms. The van der Waals surface area contributed by atoms with Crippen LogP contribution in [0.3, 0.4) is 0 Å². The standard InChI is InChI=1S/C12H8BrClINO2S/c13-9-7-8(5-6-10(9)14)19(17,18)16-12-4-2-1-3-11(12)15/h1-7,16H. The van der Waals surface area contributed by atoms with Crippen LogP contribution in [-0.4, -0.2) is 8.42 Å². The monoisotopic (exact) mass is 471 g/mol. The molecule has 0 fully saturated rings. The van der Waals surface area contributed by atoms with E-state index < -0.39 is 10.0 Å². The predicted molar refractivity (Wildman–Crippen MR) is 89.1 cm³/mol. The number of hydrogen-bond acceptors (Lipinski definition) is 2. The summed E-state index contributed by atoms with van der Waals surface area (Å²) in [5, 5.41) is 0.466. The number of benzene rings is 2. The van der Waals surface area contributed by atoms with Gasteiger partial charge in [-0.15, -0.1) is 0 Å². The second-order valence-corrected chi connectivity index (χ2v) is 7.77. The summed E-state index contributed by atoms with van der Waals surface area (Å²) in [5.74, 6) is 0. The van der Waals surface area contributed by atoms with Gasteiger partial charge in [-0.05, 0) is 68.9 Å². The van der Waals surface area contributed by atoms with Crippen LogP contribution < -0.4 is 4.72 Å². The predicted octanol–water partition coefficient (Wildman–Crippen LogP) is 4.51. The molecule has 0 saturated heterocycles. The summed E-state index contributed by atoms with van der Waals surface area (Å²) >= 11 is 11.1. The Bertz CT molecular complexity index is 721. The van der Waals surface area contributed by atoms with Crippen LogP contribution in [-0.2, 0) is 10.0 Å². The van der Waals surface area contributed by atoms with Crippen molar-refractivity contribution in [3.05, 3.63) is 55.5 Å². The largest absolute Gasteiger partial charge is 0.279 e. The Hall–Kier alpha value is -0.310. The fraction of sp³-hybridized carbons (Fsp3) is 0. The molecule has 0 aromatic heterocycles. The lowest BCUT2D eigenvalue weighted by atomic mass is 10.3. The minimum absolute atomic E-state index is 0.156. The summed E-state index contributed by atoms with van der Waals surface area (Å²) in [6.45, 7) is 0. The quantitative estimate of drug-likeness (QED) is 0.669. The van der Waals surface area contributed by atoms with Crippen molar-refractivity contribution in [2.75, 3.05) is 4.72 Å². The molecule has 0 saturated carbocycles. The van der Waals surface area contributed by atoms with Crippen LogP contribution in [0.4, 0.5) is 5.69 Å². The lowest BCUT2D eigenvalue weighted by molar-refractivity contribution is 0.601. The third-order valence-corrected chi connectivity index (χ3v) is 5.84. The normalized spacial score (nSPS) is 11.3. The molecule has 0 radical (unpaired) electrons. The summed E-state index contributed by atoms with van der Waals surface area (Å²) in [6.07, 6.45) is 0. The van der Waals surface area contributed by atoms with Gasteiger partial charge in [0.1, 0.15) is 0 Å². The Morgan fingerprint density at radius 2 is 1.84 bits per heavy atom. The van der Waals surface area contributed by atoms with Crippen molar-refractivity contribution in [2.24, 2.45) is 0 Å². The molecule has 0 atom stereocenters. The number of halogens is 3. The van der Waals surface area contributed by atoms with Crippen LogP contribution >= 0.6 is 50.1 Å². The molecule has 100 valence electrons. The molecule has 0 aliphatic heterocycles. The molecule has 0 heterocycles. The summed E-state index contributed by atoms with van der Waals surface area (Å²) in [6, 6.07) is 11.6. The highest BCUT2D eigenvalue weighted by Crippen LogP contribution is 2.27. The average molecular weight is 473 g/mol. The molecule has 0 spiro atoms. The summed E-state index contributed by atoms with van der Waals surface area (Å²) in [4.78, 5) is 0.156. The van der Waals surface area contributed by atoms with Crippen LogP contribution in [0.25, 0.3) is 0 Å². The van der Waals surface area contributed by atoms with Crippen molar-refractivity contribution < 1.29 is 8.42 Å². The van der Waals surface area contributed by atoms with E-state index >= 15 is 0 Å². The number of rotatable bonds is 3. The molecule has 0 unspecified atom stereocenters. The van der Waals surface area contributed by atoms with E-state index in [-0.39, 0.29) is 4.90 Å². The minimum atomic E-state index is -3.62. The fourth-order valence-corrected chi connectivity index (χ4v) is 3.85. The third-order valence-electron chi connectivity index (χ3n) is 2.32. The number of sulfonamides is 1. The highest BCUT2D eigenvalue weighted by molar-refractivity contribution is 14.1. The SMILES string of the molecule is O=S(=O)(Nc1ccccc1I)c1ccc(Cl)c(Br)c1. The zero-order chi connectivity index (χ0) is 14.0. The van der Waals surface area contributed by atoms with E-state index in [1.54, 1.807) is 12.1 Å². The van der Waals surface area contributed by atoms with E-state index in [0.29, 0.717) is 15.2 Å². The van der Waals surface area contributed by atoms with E-state index in [4.69, 9.17) is 11.6 Å². The van der Waals surface area contributed by atoms with Crippen molar-refractivity contribution in [2.45, 2.75) is 4.90 Å². The minimum Gasteiger partial charge on any atom is -0.279 e. The molecule has 0 amide bonds. The first-order valence-corrected chi connectivity index (χ1v) is 8.86. The van der Waals surface area contributed by atoms with Gasteiger partial charge >= 0.3 is 0 Å². The van der Waals surface area contributed by atoms with Crippen LogP contribution in [0.2, 0.25) is 5.02 Å². The van der Waals surface area contributed by atoms with E-state index in [1.165, 1.54) is 18.2 Å². The molecule has 3 nitrogen and oxygen atoms in total. The zero-order valence-corrected chi connectivity index (χ0v) is 14.7. The Morgan fingerprint density at radius 1 is 1.16 bits per heavy atom. The van der Waals surface area contributed by atoms with Crippen LogP contribution in [0, 0.1) is 3.57 Å². The van der Waals surface area contributed by atoms with Crippen molar-refractivity contribution in [3.63, 3.8) is 0 Å². The first kappa shape index (κ1) is 15.1. The van der Waals surface area contributed by atoms with Gasteiger partial charge in [-0.25, -0.2) is 8.42 Å².